The number of hydrogen-bond acceptors (Lipinski definition) is 5. The average Bonchev–Trinajstić information content (AvgIpc) is 2.47. The molecular formula is C17H24BrNO4. The van der Waals surface area contributed by atoms with E-state index in [1.165, 1.54) is 0 Å². The second-order valence-electron chi connectivity index (χ2n) is 6.23. The normalized spacial score (nSPS) is 15.1. The van der Waals surface area contributed by atoms with E-state index in [4.69, 9.17) is 4.74 Å². The lowest BCUT2D eigenvalue weighted by Gasteiger charge is -2.24. The molecule has 1 heterocycles. The van der Waals surface area contributed by atoms with E-state index < -0.39 is 0 Å². The summed E-state index contributed by atoms with van der Waals surface area (Å²) in [5.74, 6) is 0.767. The van der Waals surface area contributed by atoms with Crippen LogP contribution in [0.4, 0.5) is 0 Å². The molecule has 1 saturated heterocycles. The van der Waals surface area contributed by atoms with Crippen LogP contribution >= 0.6 is 15.9 Å². The van der Waals surface area contributed by atoms with Crippen LogP contribution in [0.3, 0.4) is 0 Å². The van der Waals surface area contributed by atoms with Crippen molar-refractivity contribution in [3.8, 4) is 5.75 Å². The lowest BCUT2D eigenvalue weighted by molar-refractivity contribution is -0.138. The SMILES string of the molecule is CC(C)(C)OC=O.O=Cc1cc(Br)cc(OC2CCNCC2)c1. The first-order chi connectivity index (χ1) is 10.8. The van der Waals surface area contributed by atoms with Gasteiger partial charge < -0.3 is 14.8 Å². The summed E-state index contributed by atoms with van der Waals surface area (Å²) in [5.41, 5.74) is 0.320. The number of ether oxygens (including phenoxy) is 2. The van der Waals surface area contributed by atoms with Crippen molar-refractivity contribution in [2.24, 2.45) is 0 Å². The lowest BCUT2D eigenvalue weighted by Crippen LogP contribution is -2.34. The van der Waals surface area contributed by atoms with Crippen molar-refractivity contribution < 1.29 is 19.1 Å². The molecule has 0 radical (unpaired) electrons. The molecule has 1 aromatic carbocycles. The summed E-state index contributed by atoms with van der Waals surface area (Å²) in [5, 5.41) is 3.29. The van der Waals surface area contributed by atoms with Crippen LogP contribution in [0.2, 0.25) is 0 Å². The van der Waals surface area contributed by atoms with Gasteiger partial charge in [-0.05, 0) is 64.9 Å². The van der Waals surface area contributed by atoms with Gasteiger partial charge in [0.15, 0.2) is 0 Å². The molecular weight excluding hydrogens is 362 g/mol. The van der Waals surface area contributed by atoms with Crippen molar-refractivity contribution in [3.05, 3.63) is 28.2 Å². The molecule has 1 aliphatic heterocycles. The smallest absolute Gasteiger partial charge is 0.293 e. The number of halogens is 1. The van der Waals surface area contributed by atoms with Crippen molar-refractivity contribution in [3.63, 3.8) is 0 Å². The van der Waals surface area contributed by atoms with Gasteiger partial charge in [0.1, 0.15) is 23.7 Å². The van der Waals surface area contributed by atoms with Crippen LogP contribution in [-0.2, 0) is 9.53 Å². The second-order valence-corrected chi connectivity index (χ2v) is 7.15. The Morgan fingerprint density at radius 2 is 1.83 bits per heavy atom. The lowest BCUT2D eigenvalue weighted by atomic mass is 10.1. The van der Waals surface area contributed by atoms with Gasteiger partial charge in [-0.25, -0.2) is 0 Å². The summed E-state index contributed by atoms with van der Waals surface area (Å²) in [7, 11) is 0. The molecule has 23 heavy (non-hydrogen) atoms. The molecule has 0 unspecified atom stereocenters. The van der Waals surface area contributed by atoms with E-state index in [9.17, 15) is 9.59 Å². The van der Waals surface area contributed by atoms with E-state index in [1.54, 1.807) is 12.1 Å². The monoisotopic (exact) mass is 385 g/mol. The summed E-state index contributed by atoms with van der Waals surface area (Å²) >= 11 is 3.37. The first kappa shape index (κ1) is 19.6. The number of carbonyl (C=O) groups excluding carboxylic acids is 2. The van der Waals surface area contributed by atoms with Gasteiger partial charge in [0.2, 0.25) is 0 Å². The summed E-state index contributed by atoms with van der Waals surface area (Å²) in [6, 6.07) is 5.46. The van der Waals surface area contributed by atoms with Crippen molar-refractivity contribution in [1.82, 2.24) is 5.32 Å². The van der Waals surface area contributed by atoms with Crippen molar-refractivity contribution in [2.75, 3.05) is 13.1 Å². The highest BCUT2D eigenvalue weighted by molar-refractivity contribution is 9.10. The molecule has 0 bridgehead atoms. The maximum Gasteiger partial charge on any atom is 0.293 e. The maximum atomic E-state index is 10.7. The van der Waals surface area contributed by atoms with Gasteiger partial charge in [0, 0.05) is 10.0 Å². The number of nitrogens with one attached hydrogen (secondary N) is 1. The zero-order chi connectivity index (χ0) is 17.3. The summed E-state index contributed by atoms with van der Waals surface area (Å²) in [6.45, 7) is 7.92. The zero-order valence-corrected chi connectivity index (χ0v) is 15.4. The van der Waals surface area contributed by atoms with Gasteiger partial charge in [-0.2, -0.15) is 0 Å². The molecule has 0 amide bonds. The molecule has 128 valence electrons. The van der Waals surface area contributed by atoms with Crippen LogP contribution in [0.1, 0.15) is 44.0 Å². The molecule has 0 atom stereocenters. The number of rotatable bonds is 4. The molecule has 2 rings (SSSR count). The zero-order valence-electron chi connectivity index (χ0n) is 13.8. The van der Waals surface area contributed by atoms with Gasteiger partial charge in [-0.15, -0.1) is 0 Å². The Balaban J connectivity index is 0.000000322. The minimum Gasteiger partial charge on any atom is -0.490 e. The first-order valence-electron chi connectivity index (χ1n) is 7.58. The van der Waals surface area contributed by atoms with Crippen LogP contribution in [0.5, 0.6) is 5.75 Å². The number of aldehydes is 1. The third-order valence-corrected chi connectivity index (χ3v) is 3.48. The third-order valence-electron chi connectivity index (χ3n) is 3.02. The molecule has 1 aromatic rings. The molecule has 0 saturated carbocycles. The third kappa shape index (κ3) is 8.71. The molecule has 1 fully saturated rings. The minimum atomic E-state index is -0.318. The van der Waals surface area contributed by atoms with Crippen LogP contribution in [0, 0.1) is 0 Å². The number of hydrogen-bond donors (Lipinski definition) is 1. The Morgan fingerprint density at radius 1 is 1.17 bits per heavy atom. The number of benzene rings is 1. The highest BCUT2D eigenvalue weighted by atomic mass is 79.9. The Kier molecular flexibility index (Phi) is 8.26. The first-order valence-corrected chi connectivity index (χ1v) is 8.38. The maximum absolute atomic E-state index is 10.7. The van der Waals surface area contributed by atoms with E-state index in [2.05, 4.69) is 26.0 Å². The fourth-order valence-electron chi connectivity index (χ4n) is 1.97. The van der Waals surface area contributed by atoms with E-state index in [1.807, 2.05) is 26.8 Å². The van der Waals surface area contributed by atoms with Crippen molar-refractivity contribution in [1.29, 1.82) is 0 Å². The van der Waals surface area contributed by atoms with E-state index in [0.717, 1.165) is 42.4 Å². The summed E-state index contributed by atoms with van der Waals surface area (Å²) in [4.78, 5) is 20.3. The Labute approximate surface area is 145 Å². The topological polar surface area (TPSA) is 64.6 Å². The molecule has 1 N–H and O–H groups in total. The highest BCUT2D eigenvalue weighted by Gasteiger charge is 2.14. The molecule has 0 aromatic heterocycles. The molecule has 1 aliphatic rings. The fourth-order valence-corrected chi connectivity index (χ4v) is 2.46. The molecule has 0 aliphatic carbocycles. The minimum absolute atomic E-state index is 0.259. The predicted octanol–water partition coefficient (Wildman–Crippen LogP) is 3.35. The predicted molar refractivity (Wildman–Crippen MR) is 93.0 cm³/mol. The van der Waals surface area contributed by atoms with Gasteiger partial charge in [-0.1, -0.05) is 15.9 Å². The summed E-state index contributed by atoms with van der Waals surface area (Å²) < 4.78 is 11.3. The van der Waals surface area contributed by atoms with E-state index in [-0.39, 0.29) is 11.7 Å². The van der Waals surface area contributed by atoms with Gasteiger partial charge >= 0.3 is 0 Å². The molecule has 0 spiro atoms. The Morgan fingerprint density at radius 3 is 2.30 bits per heavy atom. The quantitative estimate of drug-likeness (QED) is 0.804. The fraction of sp³-hybridized carbons (Fsp3) is 0.529. The van der Waals surface area contributed by atoms with Crippen LogP contribution < -0.4 is 10.1 Å². The van der Waals surface area contributed by atoms with E-state index in [0.29, 0.717) is 12.0 Å². The second kappa shape index (κ2) is 9.67. The number of piperidine rings is 1. The average molecular weight is 386 g/mol. The summed E-state index contributed by atoms with van der Waals surface area (Å²) in [6.07, 6.45) is 3.13. The van der Waals surface area contributed by atoms with Crippen molar-refractivity contribution in [2.45, 2.75) is 45.3 Å². The number of carbonyl (C=O) groups is 2. The van der Waals surface area contributed by atoms with Crippen LogP contribution in [0.25, 0.3) is 0 Å². The van der Waals surface area contributed by atoms with E-state index >= 15 is 0 Å². The molecule has 6 heteroatoms. The van der Waals surface area contributed by atoms with Gasteiger partial charge in [0.25, 0.3) is 6.47 Å². The highest BCUT2D eigenvalue weighted by Crippen LogP contribution is 2.23. The van der Waals surface area contributed by atoms with Crippen LogP contribution in [0.15, 0.2) is 22.7 Å². The standard InChI is InChI=1S/C12H14BrNO2.C5H10O2/c13-10-5-9(8-15)6-12(7-10)16-11-1-3-14-4-2-11;1-5(2,3)7-4-6/h5-8,11,14H,1-4H2;4H,1-3H3. The van der Waals surface area contributed by atoms with Crippen LogP contribution in [-0.4, -0.2) is 37.6 Å². The Bertz CT molecular complexity index is 508. The van der Waals surface area contributed by atoms with Crippen molar-refractivity contribution >= 4 is 28.7 Å². The largest absolute Gasteiger partial charge is 0.490 e. The van der Waals surface area contributed by atoms with Gasteiger partial charge in [0.05, 0.1) is 0 Å². The molecule has 5 nitrogen and oxygen atoms in total. The van der Waals surface area contributed by atoms with Gasteiger partial charge in [-0.3, -0.25) is 9.59 Å². The Hall–Kier alpha value is -1.40.